The second-order valence-corrected chi connectivity index (χ2v) is 5.63. The zero-order valence-corrected chi connectivity index (χ0v) is 12.7. The van der Waals surface area contributed by atoms with E-state index in [0.717, 1.165) is 18.7 Å². The average Bonchev–Trinajstić information content (AvgIpc) is 2.94. The van der Waals surface area contributed by atoms with Crippen molar-refractivity contribution in [2.24, 2.45) is 0 Å². The van der Waals surface area contributed by atoms with Crippen molar-refractivity contribution in [3.05, 3.63) is 52.2 Å². The van der Waals surface area contributed by atoms with Crippen LogP contribution in [-0.4, -0.2) is 17.5 Å². The molecule has 0 aliphatic carbocycles. The standard InChI is InChI=1S/C16H20N2OS/c1-3-9-18(11-14-8-10-20-12-14)16(19)17-15-6-4-13(2)5-7-15/h4-8,10,12H,3,9,11H2,1-2H3,(H,17,19). The van der Waals surface area contributed by atoms with Crippen LogP contribution in [0.5, 0.6) is 0 Å². The van der Waals surface area contributed by atoms with Gasteiger partial charge in [0.2, 0.25) is 0 Å². The van der Waals surface area contributed by atoms with Gasteiger partial charge >= 0.3 is 6.03 Å². The van der Waals surface area contributed by atoms with Gasteiger partial charge in [-0.2, -0.15) is 11.3 Å². The van der Waals surface area contributed by atoms with E-state index < -0.39 is 0 Å². The van der Waals surface area contributed by atoms with Crippen molar-refractivity contribution in [3.63, 3.8) is 0 Å². The molecule has 0 aliphatic rings. The molecule has 0 saturated heterocycles. The topological polar surface area (TPSA) is 32.3 Å². The number of hydrogen-bond acceptors (Lipinski definition) is 2. The van der Waals surface area contributed by atoms with Crippen molar-refractivity contribution in [1.29, 1.82) is 0 Å². The molecular weight excluding hydrogens is 268 g/mol. The maximum Gasteiger partial charge on any atom is 0.322 e. The molecule has 0 spiro atoms. The van der Waals surface area contributed by atoms with Gasteiger partial charge in [0.15, 0.2) is 0 Å². The van der Waals surface area contributed by atoms with Gasteiger partial charge in [-0.05, 0) is 47.9 Å². The largest absolute Gasteiger partial charge is 0.322 e. The van der Waals surface area contributed by atoms with Crippen molar-refractivity contribution < 1.29 is 4.79 Å². The van der Waals surface area contributed by atoms with Gasteiger partial charge in [0.1, 0.15) is 0 Å². The summed E-state index contributed by atoms with van der Waals surface area (Å²) >= 11 is 1.66. The zero-order valence-electron chi connectivity index (χ0n) is 11.9. The average molecular weight is 288 g/mol. The van der Waals surface area contributed by atoms with Crippen molar-refractivity contribution in [2.75, 3.05) is 11.9 Å². The van der Waals surface area contributed by atoms with Crippen LogP contribution in [-0.2, 0) is 6.54 Å². The van der Waals surface area contributed by atoms with Gasteiger partial charge in [-0.25, -0.2) is 4.79 Å². The van der Waals surface area contributed by atoms with Gasteiger partial charge in [-0.15, -0.1) is 0 Å². The van der Waals surface area contributed by atoms with Gasteiger partial charge < -0.3 is 10.2 Å². The summed E-state index contributed by atoms with van der Waals surface area (Å²) in [6, 6.07) is 9.88. The Morgan fingerprint density at radius 2 is 2.00 bits per heavy atom. The molecule has 0 fully saturated rings. The Hall–Kier alpha value is -1.81. The maximum atomic E-state index is 12.3. The molecule has 1 heterocycles. The molecule has 4 heteroatoms. The summed E-state index contributed by atoms with van der Waals surface area (Å²) < 4.78 is 0. The van der Waals surface area contributed by atoms with Crippen LogP contribution >= 0.6 is 11.3 Å². The Labute approximate surface area is 124 Å². The first-order valence-electron chi connectivity index (χ1n) is 6.82. The van der Waals surface area contributed by atoms with Gasteiger partial charge in [0.05, 0.1) is 0 Å². The minimum absolute atomic E-state index is 0.0399. The lowest BCUT2D eigenvalue weighted by Gasteiger charge is -2.22. The molecule has 2 amide bonds. The van der Waals surface area contributed by atoms with Crippen LogP contribution in [0.4, 0.5) is 10.5 Å². The SMILES string of the molecule is CCCN(Cc1ccsc1)C(=O)Nc1ccc(C)cc1. The third kappa shape index (κ3) is 4.10. The van der Waals surface area contributed by atoms with Crippen LogP contribution in [0.3, 0.4) is 0 Å². The van der Waals surface area contributed by atoms with Crippen molar-refractivity contribution in [3.8, 4) is 0 Å². The minimum atomic E-state index is -0.0399. The molecule has 0 bridgehead atoms. The number of rotatable bonds is 5. The van der Waals surface area contributed by atoms with Gasteiger partial charge in [-0.1, -0.05) is 24.6 Å². The van der Waals surface area contributed by atoms with E-state index >= 15 is 0 Å². The molecule has 1 aromatic heterocycles. The number of benzene rings is 1. The van der Waals surface area contributed by atoms with Crippen molar-refractivity contribution in [1.82, 2.24) is 4.90 Å². The van der Waals surface area contributed by atoms with Crippen LogP contribution in [0.25, 0.3) is 0 Å². The number of nitrogens with one attached hydrogen (secondary N) is 1. The molecule has 106 valence electrons. The number of urea groups is 1. The number of carbonyl (C=O) groups excluding carboxylic acids is 1. The fraction of sp³-hybridized carbons (Fsp3) is 0.312. The summed E-state index contributed by atoms with van der Waals surface area (Å²) in [7, 11) is 0. The Bertz CT molecular complexity index is 534. The van der Waals surface area contributed by atoms with E-state index in [1.807, 2.05) is 41.5 Å². The second-order valence-electron chi connectivity index (χ2n) is 4.85. The van der Waals surface area contributed by atoms with E-state index in [9.17, 15) is 4.79 Å². The van der Waals surface area contributed by atoms with Crippen LogP contribution in [0.2, 0.25) is 0 Å². The zero-order chi connectivity index (χ0) is 14.4. The molecular formula is C16H20N2OS. The van der Waals surface area contributed by atoms with Crippen molar-refractivity contribution in [2.45, 2.75) is 26.8 Å². The Morgan fingerprint density at radius 1 is 1.25 bits per heavy atom. The van der Waals surface area contributed by atoms with Gasteiger partial charge in [0.25, 0.3) is 0 Å². The fourth-order valence-corrected chi connectivity index (χ4v) is 2.62. The summed E-state index contributed by atoms with van der Waals surface area (Å²) in [4.78, 5) is 14.2. The highest BCUT2D eigenvalue weighted by molar-refractivity contribution is 7.07. The van der Waals surface area contributed by atoms with Crippen LogP contribution in [0.15, 0.2) is 41.1 Å². The van der Waals surface area contributed by atoms with Crippen molar-refractivity contribution >= 4 is 23.1 Å². The number of hydrogen-bond donors (Lipinski definition) is 1. The molecule has 1 N–H and O–H groups in total. The predicted molar refractivity (Wildman–Crippen MR) is 85.2 cm³/mol. The first-order chi connectivity index (χ1) is 9.69. The highest BCUT2D eigenvalue weighted by atomic mass is 32.1. The highest BCUT2D eigenvalue weighted by Crippen LogP contribution is 2.13. The molecule has 0 unspecified atom stereocenters. The fourth-order valence-electron chi connectivity index (χ4n) is 1.96. The third-order valence-corrected chi connectivity index (χ3v) is 3.77. The maximum absolute atomic E-state index is 12.3. The lowest BCUT2D eigenvalue weighted by molar-refractivity contribution is 0.209. The van der Waals surface area contributed by atoms with E-state index in [1.165, 1.54) is 11.1 Å². The van der Waals surface area contributed by atoms with Gasteiger partial charge in [0, 0.05) is 18.8 Å². The number of carbonyl (C=O) groups is 1. The smallest absolute Gasteiger partial charge is 0.320 e. The molecule has 2 aromatic rings. The second kappa shape index (κ2) is 7.10. The highest BCUT2D eigenvalue weighted by Gasteiger charge is 2.13. The quantitative estimate of drug-likeness (QED) is 0.863. The van der Waals surface area contributed by atoms with Crippen LogP contribution in [0.1, 0.15) is 24.5 Å². The van der Waals surface area contributed by atoms with E-state index in [0.29, 0.717) is 6.54 Å². The summed E-state index contributed by atoms with van der Waals surface area (Å²) in [6.07, 6.45) is 0.950. The number of aryl methyl sites for hydroxylation is 1. The summed E-state index contributed by atoms with van der Waals surface area (Å²) in [6.45, 7) is 5.54. The molecule has 3 nitrogen and oxygen atoms in total. The number of thiophene rings is 1. The summed E-state index contributed by atoms with van der Waals surface area (Å²) in [5.74, 6) is 0. The third-order valence-electron chi connectivity index (χ3n) is 3.04. The normalized spacial score (nSPS) is 10.3. The Balaban J connectivity index is 2.01. The van der Waals surface area contributed by atoms with E-state index in [1.54, 1.807) is 11.3 Å². The molecule has 0 aliphatic heterocycles. The van der Waals surface area contributed by atoms with E-state index in [-0.39, 0.29) is 6.03 Å². The lowest BCUT2D eigenvalue weighted by atomic mass is 10.2. The Kier molecular flexibility index (Phi) is 5.18. The lowest BCUT2D eigenvalue weighted by Crippen LogP contribution is -2.34. The molecule has 1 aromatic carbocycles. The Morgan fingerprint density at radius 3 is 2.60 bits per heavy atom. The first kappa shape index (κ1) is 14.6. The monoisotopic (exact) mass is 288 g/mol. The van der Waals surface area contributed by atoms with E-state index in [4.69, 9.17) is 0 Å². The van der Waals surface area contributed by atoms with Crippen LogP contribution < -0.4 is 5.32 Å². The van der Waals surface area contributed by atoms with Gasteiger partial charge in [-0.3, -0.25) is 0 Å². The first-order valence-corrected chi connectivity index (χ1v) is 7.77. The minimum Gasteiger partial charge on any atom is -0.320 e. The summed E-state index contributed by atoms with van der Waals surface area (Å²) in [5.41, 5.74) is 3.21. The summed E-state index contributed by atoms with van der Waals surface area (Å²) in [5, 5.41) is 7.08. The predicted octanol–water partition coefficient (Wildman–Crippen LogP) is 4.50. The molecule has 0 atom stereocenters. The number of anilines is 1. The molecule has 0 radical (unpaired) electrons. The number of amides is 2. The molecule has 2 rings (SSSR count). The number of nitrogens with zero attached hydrogens (tertiary/aromatic N) is 1. The van der Waals surface area contributed by atoms with E-state index in [2.05, 4.69) is 23.7 Å². The molecule has 0 saturated carbocycles. The molecule has 20 heavy (non-hydrogen) atoms. The van der Waals surface area contributed by atoms with Crippen LogP contribution in [0, 0.1) is 6.92 Å².